The van der Waals surface area contributed by atoms with E-state index >= 15 is 0 Å². The zero-order valence-corrected chi connectivity index (χ0v) is 9.85. The van der Waals surface area contributed by atoms with Gasteiger partial charge in [-0.15, -0.1) is 0 Å². The van der Waals surface area contributed by atoms with Gasteiger partial charge in [-0.3, -0.25) is 0 Å². The second kappa shape index (κ2) is 5.21. The lowest BCUT2D eigenvalue weighted by molar-refractivity contribution is 0.450. The second-order valence-electron chi connectivity index (χ2n) is 4.70. The Hall–Kier alpha value is -1.22. The van der Waals surface area contributed by atoms with E-state index in [1.54, 1.807) is 6.08 Å². The van der Waals surface area contributed by atoms with E-state index in [-0.39, 0.29) is 5.54 Å². The molecule has 88 valence electrons. The molecule has 0 aliphatic carbocycles. The van der Waals surface area contributed by atoms with E-state index in [4.69, 9.17) is 0 Å². The van der Waals surface area contributed by atoms with Gasteiger partial charge in [-0.05, 0) is 32.9 Å². The second-order valence-corrected chi connectivity index (χ2v) is 4.70. The Kier molecular flexibility index (Phi) is 4.19. The molecule has 0 heterocycles. The maximum absolute atomic E-state index is 13.2. The van der Waals surface area contributed by atoms with Crippen LogP contribution in [0.15, 0.2) is 24.3 Å². The van der Waals surface area contributed by atoms with Crippen molar-refractivity contribution in [1.82, 2.24) is 5.32 Å². The molecule has 0 unspecified atom stereocenters. The van der Waals surface area contributed by atoms with Crippen molar-refractivity contribution in [3.8, 4) is 0 Å². The lowest BCUT2D eigenvalue weighted by Crippen LogP contribution is -2.35. The number of hydrogen-bond acceptors (Lipinski definition) is 1. The van der Waals surface area contributed by atoms with Gasteiger partial charge < -0.3 is 5.32 Å². The normalized spacial score (nSPS) is 12.3. The van der Waals surface area contributed by atoms with Crippen molar-refractivity contribution in [2.24, 2.45) is 0 Å². The van der Waals surface area contributed by atoms with Gasteiger partial charge in [-0.25, -0.2) is 8.78 Å². The fourth-order valence-corrected chi connectivity index (χ4v) is 1.19. The molecule has 0 spiro atoms. The van der Waals surface area contributed by atoms with Gasteiger partial charge in [-0.1, -0.05) is 12.2 Å². The van der Waals surface area contributed by atoms with Crippen LogP contribution >= 0.6 is 0 Å². The number of benzene rings is 1. The van der Waals surface area contributed by atoms with E-state index in [0.29, 0.717) is 12.1 Å². The minimum absolute atomic E-state index is 0.0334. The Morgan fingerprint density at radius 2 is 1.94 bits per heavy atom. The van der Waals surface area contributed by atoms with Gasteiger partial charge in [0.25, 0.3) is 0 Å². The van der Waals surface area contributed by atoms with Crippen molar-refractivity contribution >= 4 is 6.08 Å². The summed E-state index contributed by atoms with van der Waals surface area (Å²) in [7, 11) is 0. The molecule has 0 amide bonds. The molecule has 0 saturated heterocycles. The molecular weight excluding hydrogens is 208 g/mol. The Balaban J connectivity index is 2.57. The van der Waals surface area contributed by atoms with Crippen LogP contribution < -0.4 is 5.32 Å². The first-order valence-corrected chi connectivity index (χ1v) is 5.25. The summed E-state index contributed by atoms with van der Waals surface area (Å²) in [6, 6.07) is 3.56. The van der Waals surface area contributed by atoms with Gasteiger partial charge >= 0.3 is 0 Å². The van der Waals surface area contributed by atoms with Crippen LogP contribution in [0.2, 0.25) is 0 Å². The van der Waals surface area contributed by atoms with Crippen molar-refractivity contribution in [3.63, 3.8) is 0 Å². The Bertz CT molecular complexity index is 378. The first-order chi connectivity index (χ1) is 7.38. The van der Waals surface area contributed by atoms with Gasteiger partial charge in [0.1, 0.15) is 11.6 Å². The van der Waals surface area contributed by atoms with Crippen LogP contribution in [0.1, 0.15) is 26.3 Å². The van der Waals surface area contributed by atoms with E-state index in [0.717, 1.165) is 6.07 Å². The third-order valence-corrected chi connectivity index (χ3v) is 2.01. The molecular formula is C13H17F2N. The molecule has 1 rings (SSSR count). The van der Waals surface area contributed by atoms with Crippen molar-refractivity contribution in [2.75, 3.05) is 6.54 Å². The monoisotopic (exact) mass is 225 g/mol. The van der Waals surface area contributed by atoms with Crippen LogP contribution in [0.5, 0.6) is 0 Å². The fourth-order valence-electron chi connectivity index (χ4n) is 1.19. The summed E-state index contributed by atoms with van der Waals surface area (Å²) in [6.07, 6.45) is 3.47. The first-order valence-electron chi connectivity index (χ1n) is 5.25. The van der Waals surface area contributed by atoms with Crippen molar-refractivity contribution in [3.05, 3.63) is 41.5 Å². The van der Waals surface area contributed by atoms with Crippen LogP contribution in [0.4, 0.5) is 8.78 Å². The maximum Gasteiger partial charge on any atom is 0.133 e. The molecule has 0 fully saturated rings. The fraction of sp³-hybridized carbons (Fsp3) is 0.385. The third kappa shape index (κ3) is 4.53. The highest BCUT2D eigenvalue weighted by molar-refractivity contribution is 5.49. The molecule has 0 radical (unpaired) electrons. The molecule has 0 aliphatic heterocycles. The average Bonchev–Trinajstić information content (AvgIpc) is 2.13. The molecule has 3 heteroatoms. The predicted molar refractivity (Wildman–Crippen MR) is 63.1 cm³/mol. The number of halogens is 2. The number of hydrogen-bond donors (Lipinski definition) is 1. The quantitative estimate of drug-likeness (QED) is 0.831. The summed E-state index contributed by atoms with van der Waals surface area (Å²) in [5.74, 6) is -1.09. The van der Waals surface area contributed by atoms with E-state index in [9.17, 15) is 8.78 Å². The lowest BCUT2D eigenvalue weighted by Gasteiger charge is -2.18. The van der Waals surface area contributed by atoms with Crippen LogP contribution in [0, 0.1) is 11.6 Å². The van der Waals surface area contributed by atoms with Crippen LogP contribution in [-0.2, 0) is 0 Å². The zero-order valence-electron chi connectivity index (χ0n) is 9.85. The maximum atomic E-state index is 13.2. The summed E-state index contributed by atoms with van der Waals surface area (Å²) < 4.78 is 25.8. The molecule has 1 N–H and O–H groups in total. The molecule has 0 saturated carbocycles. The van der Waals surface area contributed by atoms with E-state index in [1.165, 1.54) is 12.1 Å². The number of nitrogens with one attached hydrogen (secondary N) is 1. The standard InChI is InChI=1S/C13H17F2N/c1-13(2,3)16-8-4-5-10-6-7-11(14)9-12(10)15/h4-7,9,16H,8H2,1-3H3. The Labute approximate surface area is 95.2 Å². The summed E-state index contributed by atoms with van der Waals surface area (Å²) in [4.78, 5) is 0. The predicted octanol–water partition coefficient (Wildman–Crippen LogP) is 3.37. The largest absolute Gasteiger partial charge is 0.309 e. The van der Waals surface area contributed by atoms with Crippen molar-refractivity contribution in [1.29, 1.82) is 0 Å². The van der Waals surface area contributed by atoms with E-state index in [2.05, 4.69) is 26.1 Å². The van der Waals surface area contributed by atoms with Gasteiger partial charge in [-0.2, -0.15) is 0 Å². The molecule has 0 aromatic heterocycles. The summed E-state index contributed by atoms with van der Waals surface area (Å²) in [5, 5.41) is 3.24. The van der Waals surface area contributed by atoms with Crippen LogP contribution in [-0.4, -0.2) is 12.1 Å². The Morgan fingerprint density at radius 3 is 2.50 bits per heavy atom. The summed E-state index contributed by atoms with van der Waals surface area (Å²) in [5.41, 5.74) is 0.434. The minimum Gasteiger partial charge on any atom is -0.309 e. The SMILES string of the molecule is CC(C)(C)NCC=Cc1ccc(F)cc1F. The van der Waals surface area contributed by atoms with Gasteiger partial charge in [0.05, 0.1) is 0 Å². The van der Waals surface area contributed by atoms with Crippen molar-refractivity contribution in [2.45, 2.75) is 26.3 Å². The number of rotatable bonds is 3. The van der Waals surface area contributed by atoms with Gasteiger partial charge in [0.2, 0.25) is 0 Å². The van der Waals surface area contributed by atoms with Crippen LogP contribution in [0.25, 0.3) is 6.08 Å². The molecule has 0 atom stereocenters. The lowest BCUT2D eigenvalue weighted by atomic mass is 10.1. The highest BCUT2D eigenvalue weighted by Gasteiger charge is 2.06. The molecule has 0 bridgehead atoms. The molecule has 1 aromatic rings. The summed E-state index contributed by atoms with van der Waals surface area (Å²) in [6.45, 7) is 6.82. The molecule has 1 aromatic carbocycles. The molecule has 1 nitrogen and oxygen atoms in total. The highest BCUT2D eigenvalue weighted by atomic mass is 19.1. The zero-order chi connectivity index (χ0) is 12.2. The van der Waals surface area contributed by atoms with E-state index < -0.39 is 11.6 Å². The highest BCUT2D eigenvalue weighted by Crippen LogP contribution is 2.10. The van der Waals surface area contributed by atoms with Gasteiger partial charge in [0, 0.05) is 23.7 Å². The minimum atomic E-state index is -0.553. The topological polar surface area (TPSA) is 12.0 Å². The van der Waals surface area contributed by atoms with E-state index in [1.807, 2.05) is 6.08 Å². The molecule has 16 heavy (non-hydrogen) atoms. The smallest absolute Gasteiger partial charge is 0.133 e. The van der Waals surface area contributed by atoms with Crippen LogP contribution in [0.3, 0.4) is 0 Å². The molecule has 0 aliphatic rings. The Morgan fingerprint density at radius 1 is 1.25 bits per heavy atom. The first kappa shape index (κ1) is 12.8. The third-order valence-electron chi connectivity index (χ3n) is 2.01. The summed E-state index contributed by atoms with van der Waals surface area (Å²) >= 11 is 0. The average molecular weight is 225 g/mol. The van der Waals surface area contributed by atoms with Crippen molar-refractivity contribution < 1.29 is 8.78 Å². The van der Waals surface area contributed by atoms with Gasteiger partial charge in [0.15, 0.2) is 0 Å².